The van der Waals surface area contributed by atoms with E-state index in [4.69, 9.17) is 0 Å². The van der Waals surface area contributed by atoms with E-state index in [1.54, 1.807) is 0 Å². The van der Waals surface area contributed by atoms with E-state index in [1.807, 2.05) is 6.92 Å². The lowest BCUT2D eigenvalue weighted by atomic mass is 9.52. The van der Waals surface area contributed by atoms with Crippen molar-refractivity contribution in [2.75, 3.05) is 0 Å². The van der Waals surface area contributed by atoms with E-state index in [2.05, 4.69) is 20.8 Å². The predicted molar refractivity (Wildman–Crippen MR) is 57.2 cm³/mol. The molecule has 0 saturated heterocycles. The zero-order chi connectivity index (χ0) is 11.0. The maximum absolute atomic E-state index is 11.5. The normalized spacial score (nSPS) is 36.7. The molecule has 82 valence electrons. The molecule has 0 aromatic heterocycles. The van der Waals surface area contributed by atoms with Crippen molar-refractivity contribution in [2.45, 2.75) is 53.4 Å². The molecule has 1 N–H and O–H groups in total. The van der Waals surface area contributed by atoms with Crippen LogP contribution in [0.25, 0.3) is 0 Å². The molecule has 0 aromatic carbocycles. The second kappa shape index (κ2) is 3.56. The molecular weight excluding hydrogens is 176 g/mol. The van der Waals surface area contributed by atoms with E-state index >= 15 is 0 Å². The van der Waals surface area contributed by atoms with Gasteiger partial charge >= 0.3 is 5.97 Å². The standard InChI is InChI=1S/C12H22O2/c1-5-12(10(13)14)9(2)7-6-8-11(12,3)4/h9H,5-8H2,1-4H3,(H,13,14). The number of carbonyl (C=O) groups is 1. The summed E-state index contributed by atoms with van der Waals surface area (Å²) in [4.78, 5) is 11.5. The second-order valence-electron chi connectivity index (χ2n) is 5.31. The summed E-state index contributed by atoms with van der Waals surface area (Å²) in [6.07, 6.45) is 4.01. The fraction of sp³-hybridized carbons (Fsp3) is 0.917. The third-order valence-corrected chi connectivity index (χ3v) is 4.43. The molecule has 1 saturated carbocycles. The van der Waals surface area contributed by atoms with Crippen LogP contribution in [0.2, 0.25) is 0 Å². The molecule has 2 heteroatoms. The minimum absolute atomic E-state index is 0.0642. The van der Waals surface area contributed by atoms with Gasteiger partial charge in [-0.3, -0.25) is 4.79 Å². The third-order valence-electron chi connectivity index (χ3n) is 4.43. The Hall–Kier alpha value is -0.530. The highest BCUT2D eigenvalue weighted by atomic mass is 16.4. The first-order valence-electron chi connectivity index (χ1n) is 5.62. The van der Waals surface area contributed by atoms with E-state index in [0.29, 0.717) is 5.92 Å². The highest BCUT2D eigenvalue weighted by Gasteiger charge is 2.54. The van der Waals surface area contributed by atoms with Crippen LogP contribution in [-0.2, 0) is 4.79 Å². The van der Waals surface area contributed by atoms with Crippen molar-refractivity contribution >= 4 is 5.97 Å². The summed E-state index contributed by atoms with van der Waals surface area (Å²) < 4.78 is 0. The van der Waals surface area contributed by atoms with Gasteiger partial charge in [0, 0.05) is 0 Å². The molecule has 2 atom stereocenters. The van der Waals surface area contributed by atoms with Crippen LogP contribution >= 0.6 is 0 Å². The minimum atomic E-state index is -0.600. The number of hydrogen-bond donors (Lipinski definition) is 1. The SMILES string of the molecule is CCC1(C(=O)O)C(C)CCCC1(C)C. The van der Waals surface area contributed by atoms with Crippen LogP contribution in [0.1, 0.15) is 53.4 Å². The van der Waals surface area contributed by atoms with Crippen molar-refractivity contribution in [1.29, 1.82) is 0 Å². The van der Waals surface area contributed by atoms with E-state index in [1.165, 1.54) is 6.42 Å². The van der Waals surface area contributed by atoms with E-state index in [-0.39, 0.29) is 5.41 Å². The number of aliphatic carboxylic acids is 1. The Morgan fingerprint density at radius 3 is 2.36 bits per heavy atom. The maximum atomic E-state index is 11.5. The van der Waals surface area contributed by atoms with Crippen molar-refractivity contribution in [2.24, 2.45) is 16.7 Å². The summed E-state index contributed by atoms with van der Waals surface area (Å²) in [5.41, 5.74) is -0.573. The summed E-state index contributed by atoms with van der Waals surface area (Å²) >= 11 is 0. The van der Waals surface area contributed by atoms with Crippen LogP contribution in [0.3, 0.4) is 0 Å². The first-order valence-corrected chi connectivity index (χ1v) is 5.62. The third kappa shape index (κ3) is 1.35. The molecule has 0 aromatic rings. The van der Waals surface area contributed by atoms with Crippen molar-refractivity contribution < 1.29 is 9.90 Å². The van der Waals surface area contributed by atoms with Gasteiger partial charge in [-0.15, -0.1) is 0 Å². The molecule has 1 fully saturated rings. The van der Waals surface area contributed by atoms with Crippen LogP contribution in [0.15, 0.2) is 0 Å². The molecule has 0 amide bonds. The van der Waals surface area contributed by atoms with Crippen molar-refractivity contribution in [3.05, 3.63) is 0 Å². The Balaban J connectivity index is 3.14. The van der Waals surface area contributed by atoms with Gasteiger partial charge in [0.05, 0.1) is 5.41 Å². The molecule has 0 spiro atoms. The maximum Gasteiger partial charge on any atom is 0.310 e. The number of rotatable bonds is 2. The molecule has 0 bridgehead atoms. The molecule has 1 aliphatic carbocycles. The van der Waals surface area contributed by atoms with Crippen molar-refractivity contribution in [3.8, 4) is 0 Å². The van der Waals surface area contributed by atoms with E-state index in [9.17, 15) is 9.90 Å². The zero-order valence-corrected chi connectivity index (χ0v) is 9.76. The van der Waals surface area contributed by atoms with Gasteiger partial charge < -0.3 is 5.11 Å². The molecule has 1 aliphatic rings. The summed E-state index contributed by atoms with van der Waals surface area (Å²) in [5, 5.41) is 9.49. The monoisotopic (exact) mass is 198 g/mol. The summed E-state index contributed by atoms with van der Waals surface area (Å²) in [6.45, 7) is 8.33. The lowest BCUT2D eigenvalue weighted by Gasteiger charge is -2.50. The fourth-order valence-electron chi connectivity index (χ4n) is 3.47. The number of hydrogen-bond acceptors (Lipinski definition) is 1. The molecule has 2 nitrogen and oxygen atoms in total. The Morgan fingerprint density at radius 1 is 1.50 bits per heavy atom. The second-order valence-corrected chi connectivity index (χ2v) is 5.31. The van der Waals surface area contributed by atoms with Crippen LogP contribution in [-0.4, -0.2) is 11.1 Å². The van der Waals surface area contributed by atoms with Gasteiger partial charge in [-0.2, -0.15) is 0 Å². The van der Waals surface area contributed by atoms with Gasteiger partial charge in [-0.25, -0.2) is 0 Å². The Morgan fingerprint density at radius 2 is 2.07 bits per heavy atom. The van der Waals surface area contributed by atoms with E-state index < -0.39 is 11.4 Å². The predicted octanol–water partition coefficient (Wildman–Crippen LogP) is 3.31. The van der Waals surface area contributed by atoms with Crippen LogP contribution < -0.4 is 0 Å². The number of carboxylic acid groups (broad SMARTS) is 1. The lowest BCUT2D eigenvalue weighted by molar-refractivity contribution is -0.168. The van der Waals surface area contributed by atoms with E-state index in [0.717, 1.165) is 19.3 Å². The van der Waals surface area contributed by atoms with Crippen molar-refractivity contribution in [3.63, 3.8) is 0 Å². The van der Waals surface area contributed by atoms with Gasteiger partial charge in [-0.05, 0) is 30.6 Å². The molecule has 0 radical (unpaired) electrons. The van der Waals surface area contributed by atoms with Crippen molar-refractivity contribution in [1.82, 2.24) is 0 Å². The fourth-order valence-corrected chi connectivity index (χ4v) is 3.47. The Kier molecular flexibility index (Phi) is 2.93. The molecule has 14 heavy (non-hydrogen) atoms. The van der Waals surface area contributed by atoms with Gasteiger partial charge in [0.25, 0.3) is 0 Å². The first-order chi connectivity index (χ1) is 6.38. The highest BCUT2D eigenvalue weighted by Crippen LogP contribution is 2.55. The largest absolute Gasteiger partial charge is 0.481 e. The molecule has 0 heterocycles. The minimum Gasteiger partial charge on any atom is -0.481 e. The van der Waals surface area contributed by atoms with Gasteiger partial charge in [0.15, 0.2) is 0 Å². The van der Waals surface area contributed by atoms with Gasteiger partial charge in [0.1, 0.15) is 0 Å². The average Bonchev–Trinajstić information content (AvgIpc) is 2.03. The average molecular weight is 198 g/mol. The van der Waals surface area contributed by atoms with Crippen LogP contribution in [0, 0.1) is 16.7 Å². The van der Waals surface area contributed by atoms with Crippen LogP contribution in [0.4, 0.5) is 0 Å². The zero-order valence-electron chi connectivity index (χ0n) is 9.76. The Bertz CT molecular complexity index is 232. The van der Waals surface area contributed by atoms with Gasteiger partial charge in [-0.1, -0.05) is 34.1 Å². The quantitative estimate of drug-likeness (QED) is 0.739. The molecule has 2 unspecified atom stereocenters. The summed E-state index contributed by atoms with van der Waals surface area (Å²) in [6, 6.07) is 0. The smallest absolute Gasteiger partial charge is 0.310 e. The summed E-state index contributed by atoms with van der Waals surface area (Å²) in [5.74, 6) is -0.300. The van der Waals surface area contributed by atoms with Gasteiger partial charge in [0.2, 0.25) is 0 Å². The van der Waals surface area contributed by atoms with Crippen LogP contribution in [0.5, 0.6) is 0 Å². The Labute approximate surface area is 86.7 Å². The lowest BCUT2D eigenvalue weighted by Crippen LogP contribution is -2.51. The molecule has 0 aliphatic heterocycles. The summed E-state index contributed by atoms with van der Waals surface area (Å²) in [7, 11) is 0. The highest BCUT2D eigenvalue weighted by molar-refractivity contribution is 5.76. The topological polar surface area (TPSA) is 37.3 Å². The molecule has 1 rings (SSSR count). The number of carboxylic acids is 1. The first kappa shape index (κ1) is 11.5. The molecular formula is C12H22O2.